The number of nitriles is 1. The molecule has 0 spiro atoms. The molecule has 3 aliphatic rings. The van der Waals surface area contributed by atoms with Crippen LogP contribution in [0.5, 0.6) is 0 Å². The van der Waals surface area contributed by atoms with Gasteiger partial charge in [0.2, 0.25) is 0 Å². The second-order valence-electron chi connectivity index (χ2n) is 24.6. The highest BCUT2D eigenvalue weighted by molar-refractivity contribution is 7.19. The number of carboxylic acids is 1. The molecule has 0 radical (unpaired) electrons. The van der Waals surface area contributed by atoms with Gasteiger partial charge in [-0.3, -0.25) is 0 Å². The third-order valence-corrected chi connectivity index (χ3v) is 24.3. The third-order valence-electron chi connectivity index (χ3n) is 20.9. The monoisotopic (exact) mass is 1220 g/mol. The fourth-order valence-corrected chi connectivity index (χ4v) is 18.9. The van der Waals surface area contributed by atoms with Crippen molar-refractivity contribution < 1.29 is 9.90 Å². The summed E-state index contributed by atoms with van der Waals surface area (Å²) in [5.74, 6) is -1.21. The Kier molecular flexibility index (Phi) is 14.3. The number of nitrogens with zero attached hydrogens (tertiary/aromatic N) is 2. The molecule has 1 N–H and O–H groups in total. The van der Waals surface area contributed by atoms with E-state index in [1.54, 1.807) is 0 Å². The van der Waals surface area contributed by atoms with Crippen molar-refractivity contribution in [1.82, 2.24) is 0 Å². The van der Waals surface area contributed by atoms with E-state index in [-0.39, 0.29) is 21.8 Å². The van der Waals surface area contributed by atoms with Crippen LogP contribution < -0.4 is 4.90 Å². The molecule has 0 fully saturated rings. The van der Waals surface area contributed by atoms with Gasteiger partial charge in [-0.1, -0.05) is 163 Å². The lowest BCUT2D eigenvalue weighted by atomic mass is 9.73. The summed E-state index contributed by atoms with van der Waals surface area (Å²) in [5, 5.41) is 21.3. The summed E-state index contributed by atoms with van der Waals surface area (Å²) in [5.41, 5.74) is 25.5. The SMILES string of the molecule is CCC1(CC)c2cc(-c3ccc(/C=C(\C#N)C(=O)O)s3)ccc2-c2ccc(-c3ccc(-c4ccc5c(c4)C(CC)(CC)c4cc(-c6ccc(-c7ccc8c(c7)C(CC)(CC)c7cc(N(c9ccccc9)c9cccc%10ccccc9%10)ccc7-8)s6)ccc4-5)s3)cc21. The molecule has 440 valence electrons. The Bertz CT molecular complexity index is 4930. The van der Waals surface area contributed by atoms with E-state index in [0.717, 1.165) is 59.5 Å². The lowest BCUT2D eigenvalue weighted by Crippen LogP contribution is -2.23. The number of fused-ring (bicyclic) bond motifs is 10. The van der Waals surface area contributed by atoms with Crippen LogP contribution in [0.2, 0.25) is 0 Å². The van der Waals surface area contributed by atoms with E-state index in [1.165, 1.54) is 148 Å². The van der Waals surface area contributed by atoms with E-state index in [2.05, 4.69) is 253 Å². The number of benzene rings is 9. The zero-order valence-electron chi connectivity index (χ0n) is 51.6. The van der Waals surface area contributed by atoms with Gasteiger partial charge in [-0.15, -0.1) is 34.0 Å². The molecule has 0 atom stereocenters. The molecule has 9 aromatic carbocycles. The molecule has 0 amide bonds. The number of anilines is 3. The number of rotatable bonds is 16. The maximum absolute atomic E-state index is 11.6. The molecule has 7 heteroatoms. The molecule has 0 unspecified atom stereocenters. The molecule has 0 saturated heterocycles. The average Bonchev–Trinajstić information content (AvgIpc) is 1.63. The first-order chi connectivity index (χ1) is 44.0. The van der Waals surface area contributed by atoms with Gasteiger partial charge in [0.05, 0.1) is 5.69 Å². The Labute approximate surface area is 540 Å². The number of hydrogen-bond donors (Lipinski definition) is 1. The van der Waals surface area contributed by atoms with Crippen molar-refractivity contribution in [3.8, 4) is 91.7 Å². The van der Waals surface area contributed by atoms with Crippen LogP contribution in [0.4, 0.5) is 17.1 Å². The molecule has 15 rings (SSSR count). The van der Waals surface area contributed by atoms with Crippen molar-refractivity contribution >= 4 is 73.9 Å². The first kappa shape index (κ1) is 57.3. The topological polar surface area (TPSA) is 64.3 Å². The molecular weight excluding hydrogens is 1150 g/mol. The number of para-hydroxylation sites is 1. The van der Waals surface area contributed by atoms with E-state index in [9.17, 15) is 15.2 Å². The lowest BCUT2D eigenvalue weighted by Gasteiger charge is -2.32. The molecule has 3 heterocycles. The van der Waals surface area contributed by atoms with Gasteiger partial charge in [0.15, 0.2) is 0 Å². The van der Waals surface area contributed by atoms with Crippen molar-refractivity contribution in [2.45, 2.75) is 96.3 Å². The number of carboxylic acid groups (broad SMARTS) is 1. The summed E-state index contributed by atoms with van der Waals surface area (Å²) in [6.07, 6.45) is 7.44. The minimum absolute atomic E-state index is 0.106. The van der Waals surface area contributed by atoms with Crippen molar-refractivity contribution in [2.24, 2.45) is 0 Å². The highest BCUT2D eigenvalue weighted by atomic mass is 32.1. The molecule has 4 nitrogen and oxygen atoms in total. The quantitative estimate of drug-likeness (QED) is 0.0773. The average molecular weight is 1220 g/mol. The van der Waals surface area contributed by atoms with E-state index in [4.69, 9.17) is 0 Å². The molecule has 12 aromatic rings. The normalized spacial score (nSPS) is 14.3. The maximum atomic E-state index is 11.6. The zero-order chi connectivity index (χ0) is 61.6. The smallest absolute Gasteiger partial charge is 0.346 e. The summed E-state index contributed by atoms with van der Waals surface area (Å²) in [7, 11) is 0. The standard InChI is InChI=1S/C83H68N2O2S3/c1-7-81(8-2)68-44-52(75-38-31-60(88-75)43-57(50-84)80(86)87)25-32-62(68)63-33-26-53(45-69(63)81)76-39-40-77(89-76)54-27-34-64-65-35-28-55(47-71(65)82(9-3,10-4)70(64)46-54)78-41-42-79(90-78)56-29-36-66-67-37-30-59(49-73(67)83(11-5,12-6)72(66)48-56)85(58-21-14-13-15-22-58)74-24-18-20-51-19-16-17-23-61(51)74/h13-49H,7-12H2,1-6H3,(H,86,87)/b57-43+. The highest BCUT2D eigenvalue weighted by Gasteiger charge is 2.44. The predicted molar refractivity (Wildman–Crippen MR) is 381 cm³/mol. The van der Waals surface area contributed by atoms with Crippen LogP contribution in [-0.2, 0) is 21.0 Å². The van der Waals surface area contributed by atoms with Gasteiger partial charge < -0.3 is 10.0 Å². The fourth-order valence-electron chi connectivity index (χ4n) is 16.0. The summed E-state index contributed by atoms with van der Waals surface area (Å²) < 4.78 is 0. The molecule has 90 heavy (non-hydrogen) atoms. The Morgan fingerprint density at radius 3 is 1.19 bits per heavy atom. The first-order valence-electron chi connectivity index (χ1n) is 31.9. The van der Waals surface area contributed by atoms with Gasteiger partial charge in [0.25, 0.3) is 0 Å². The Morgan fingerprint density at radius 2 is 0.778 bits per heavy atom. The maximum Gasteiger partial charge on any atom is 0.346 e. The molecule has 0 bridgehead atoms. The van der Waals surface area contributed by atoms with Crippen LogP contribution in [0.15, 0.2) is 224 Å². The Hall–Kier alpha value is -9.16. The van der Waals surface area contributed by atoms with Crippen LogP contribution in [0.3, 0.4) is 0 Å². The van der Waals surface area contributed by atoms with Gasteiger partial charge in [-0.2, -0.15) is 5.26 Å². The van der Waals surface area contributed by atoms with Crippen molar-refractivity contribution in [3.63, 3.8) is 0 Å². The van der Waals surface area contributed by atoms with Crippen LogP contribution in [0.1, 0.15) is 118 Å². The molecule has 0 saturated carbocycles. The van der Waals surface area contributed by atoms with E-state index in [1.807, 2.05) is 40.9 Å². The second-order valence-corrected chi connectivity index (χ2v) is 27.9. The molecule has 0 aliphatic heterocycles. The summed E-state index contributed by atoms with van der Waals surface area (Å²) in [6.45, 7) is 14.1. The van der Waals surface area contributed by atoms with Gasteiger partial charge in [0.1, 0.15) is 11.6 Å². The first-order valence-corrected chi connectivity index (χ1v) is 34.3. The molecule has 3 aromatic heterocycles. The van der Waals surface area contributed by atoms with Crippen molar-refractivity contribution in [2.75, 3.05) is 4.90 Å². The van der Waals surface area contributed by atoms with E-state index < -0.39 is 5.97 Å². The lowest BCUT2D eigenvalue weighted by molar-refractivity contribution is -0.132. The summed E-state index contributed by atoms with van der Waals surface area (Å²) in [6, 6.07) is 84.3. The zero-order valence-corrected chi connectivity index (χ0v) is 54.0. The minimum Gasteiger partial charge on any atom is -0.477 e. The van der Waals surface area contributed by atoms with Crippen LogP contribution >= 0.6 is 34.0 Å². The van der Waals surface area contributed by atoms with Crippen LogP contribution in [0.25, 0.3) is 102 Å². The van der Waals surface area contributed by atoms with Crippen LogP contribution in [0, 0.1) is 11.3 Å². The number of hydrogen-bond acceptors (Lipinski definition) is 6. The van der Waals surface area contributed by atoms with E-state index in [0.29, 0.717) is 0 Å². The third kappa shape index (κ3) is 8.81. The van der Waals surface area contributed by atoms with Gasteiger partial charge in [-0.05, 0) is 242 Å². The van der Waals surface area contributed by atoms with Gasteiger partial charge in [0, 0.05) is 62.3 Å². The van der Waals surface area contributed by atoms with Crippen molar-refractivity contribution in [3.05, 3.63) is 262 Å². The summed E-state index contributed by atoms with van der Waals surface area (Å²) in [4.78, 5) is 21.0. The predicted octanol–water partition coefficient (Wildman–Crippen LogP) is 24.1. The highest BCUT2D eigenvalue weighted by Crippen LogP contribution is 2.59. The largest absolute Gasteiger partial charge is 0.477 e. The number of aliphatic carboxylic acids is 1. The Morgan fingerprint density at radius 1 is 0.411 bits per heavy atom. The second kappa shape index (κ2) is 22.4. The van der Waals surface area contributed by atoms with E-state index >= 15 is 0 Å². The number of thiophene rings is 3. The fraction of sp³-hybridized carbons (Fsp3) is 0.181. The number of carbonyl (C=O) groups is 1. The molecule has 3 aliphatic carbocycles. The minimum atomic E-state index is -1.21. The Balaban J connectivity index is 0.704. The van der Waals surface area contributed by atoms with Crippen LogP contribution in [-0.4, -0.2) is 11.1 Å². The summed E-state index contributed by atoms with van der Waals surface area (Å²) >= 11 is 5.30. The van der Waals surface area contributed by atoms with Gasteiger partial charge in [-0.25, -0.2) is 4.79 Å². The molecular formula is C83H68N2O2S3. The van der Waals surface area contributed by atoms with Crippen molar-refractivity contribution in [1.29, 1.82) is 5.26 Å². The van der Waals surface area contributed by atoms with Gasteiger partial charge >= 0.3 is 5.97 Å².